The summed E-state index contributed by atoms with van der Waals surface area (Å²) >= 11 is 0. The van der Waals surface area contributed by atoms with E-state index in [1.807, 2.05) is 0 Å². The van der Waals surface area contributed by atoms with Gasteiger partial charge in [-0.3, -0.25) is 4.79 Å². The molecule has 0 aliphatic heterocycles. The quantitative estimate of drug-likeness (QED) is 0.737. The summed E-state index contributed by atoms with van der Waals surface area (Å²) in [5, 5.41) is 9.21. The number of methoxy groups -OCH3 is 2. The van der Waals surface area contributed by atoms with Crippen molar-refractivity contribution in [2.45, 2.75) is 18.8 Å². The van der Waals surface area contributed by atoms with Gasteiger partial charge in [0.2, 0.25) is 5.88 Å². The summed E-state index contributed by atoms with van der Waals surface area (Å²) in [6, 6.07) is 7.19. The maximum Gasteiger partial charge on any atom is 0.307 e. The van der Waals surface area contributed by atoms with Gasteiger partial charge in [-0.25, -0.2) is 4.98 Å². The Morgan fingerprint density at radius 2 is 2.24 bits per heavy atom. The number of hydrogen-bond donors (Lipinski definition) is 0. The zero-order chi connectivity index (χ0) is 12.9. The SMILES string of the molecule is COC(=O)CC(C)(C#N)c1cccc(OC)n1. The van der Waals surface area contributed by atoms with Crippen LogP contribution in [0.1, 0.15) is 19.0 Å². The second-order valence-electron chi connectivity index (χ2n) is 3.76. The molecule has 0 saturated carbocycles. The van der Waals surface area contributed by atoms with Crippen molar-refractivity contribution in [3.05, 3.63) is 23.9 Å². The average molecular weight is 234 g/mol. The Hall–Kier alpha value is -2.09. The molecule has 0 radical (unpaired) electrons. The summed E-state index contributed by atoms with van der Waals surface area (Å²) in [5.41, 5.74) is -0.522. The van der Waals surface area contributed by atoms with Gasteiger partial charge in [-0.2, -0.15) is 5.26 Å². The molecule has 0 amide bonds. The van der Waals surface area contributed by atoms with Crippen LogP contribution in [0.25, 0.3) is 0 Å². The summed E-state index contributed by atoms with van der Waals surface area (Å²) in [6.45, 7) is 1.64. The molecule has 1 aromatic heterocycles. The molecule has 0 saturated heterocycles. The Labute approximate surface area is 100.0 Å². The summed E-state index contributed by atoms with van der Waals surface area (Å²) in [7, 11) is 2.79. The molecule has 1 unspecified atom stereocenters. The smallest absolute Gasteiger partial charge is 0.307 e. The molecule has 1 rings (SSSR count). The van der Waals surface area contributed by atoms with Crippen LogP contribution in [0.15, 0.2) is 18.2 Å². The summed E-state index contributed by atoms with van der Waals surface area (Å²) in [6.07, 6.45) is -0.0415. The van der Waals surface area contributed by atoms with Gasteiger partial charge in [-0.05, 0) is 13.0 Å². The van der Waals surface area contributed by atoms with E-state index in [1.54, 1.807) is 25.1 Å². The Balaban J connectivity index is 3.07. The molecule has 1 atom stereocenters. The van der Waals surface area contributed by atoms with E-state index in [1.165, 1.54) is 14.2 Å². The zero-order valence-corrected chi connectivity index (χ0v) is 10.1. The van der Waals surface area contributed by atoms with Crippen LogP contribution in [0.5, 0.6) is 5.88 Å². The minimum absolute atomic E-state index is 0.0415. The van der Waals surface area contributed by atoms with Gasteiger partial charge in [0.05, 0.1) is 32.4 Å². The van der Waals surface area contributed by atoms with E-state index in [0.717, 1.165) is 0 Å². The predicted molar refractivity (Wildman–Crippen MR) is 60.4 cm³/mol. The van der Waals surface area contributed by atoms with E-state index in [2.05, 4.69) is 15.8 Å². The van der Waals surface area contributed by atoms with Crippen molar-refractivity contribution in [3.63, 3.8) is 0 Å². The fourth-order valence-electron chi connectivity index (χ4n) is 1.38. The number of rotatable bonds is 4. The van der Waals surface area contributed by atoms with Crippen molar-refractivity contribution in [3.8, 4) is 11.9 Å². The lowest BCUT2D eigenvalue weighted by Crippen LogP contribution is -2.25. The number of esters is 1. The molecular formula is C12H14N2O3. The Morgan fingerprint density at radius 3 is 2.76 bits per heavy atom. The molecule has 0 N–H and O–H groups in total. The number of nitrogens with zero attached hydrogens (tertiary/aromatic N) is 2. The lowest BCUT2D eigenvalue weighted by atomic mass is 9.84. The lowest BCUT2D eigenvalue weighted by molar-refractivity contribution is -0.141. The Morgan fingerprint density at radius 1 is 1.53 bits per heavy atom. The van der Waals surface area contributed by atoms with Crippen molar-refractivity contribution >= 4 is 5.97 Å². The second-order valence-corrected chi connectivity index (χ2v) is 3.76. The van der Waals surface area contributed by atoms with E-state index in [-0.39, 0.29) is 6.42 Å². The van der Waals surface area contributed by atoms with Crippen LogP contribution < -0.4 is 4.74 Å². The Bertz CT molecular complexity index is 453. The first-order valence-corrected chi connectivity index (χ1v) is 5.05. The summed E-state index contributed by atoms with van der Waals surface area (Å²) in [5.74, 6) is -0.0347. The third-order valence-electron chi connectivity index (χ3n) is 2.47. The number of carbonyl (C=O) groups excluding carboxylic acids is 1. The van der Waals surface area contributed by atoms with Crippen molar-refractivity contribution in [2.24, 2.45) is 0 Å². The number of nitriles is 1. The summed E-state index contributed by atoms with van der Waals surface area (Å²) in [4.78, 5) is 15.5. The first kappa shape index (κ1) is 13.0. The highest BCUT2D eigenvalue weighted by atomic mass is 16.5. The first-order chi connectivity index (χ1) is 8.05. The van der Waals surface area contributed by atoms with E-state index >= 15 is 0 Å². The van der Waals surface area contributed by atoms with Gasteiger partial charge < -0.3 is 9.47 Å². The van der Waals surface area contributed by atoms with Gasteiger partial charge in [0.15, 0.2) is 0 Å². The van der Waals surface area contributed by atoms with E-state index < -0.39 is 11.4 Å². The van der Waals surface area contributed by atoms with Gasteiger partial charge in [0, 0.05) is 6.07 Å². The monoisotopic (exact) mass is 234 g/mol. The number of aromatic nitrogens is 1. The molecule has 90 valence electrons. The van der Waals surface area contributed by atoms with Crippen LogP contribution in [0.4, 0.5) is 0 Å². The number of ether oxygens (including phenoxy) is 2. The molecule has 0 fully saturated rings. The molecule has 0 bridgehead atoms. The van der Waals surface area contributed by atoms with Crippen LogP contribution in [-0.4, -0.2) is 25.2 Å². The van der Waals surface area contributed by atoms with Crippen molar-refractivity contribution in [1.29, 1.82) is 5.26 Å². The number of pyridine rings is 1. The van der Waals surface area contributed by atoms with E-state index in [4.69, 9.17) is 4.74 Å². The van der Waals surface area contributed by atoms with Crippen LogP contribution in [-0.2, 0) is 14.9 Å². The minimum Gasteiger partial charge on any atom is -0.481 e. The second kappa shape index (κ2) is 5.30. The third-order valence-corrected chi connectivity index (χ3v) is 2.47. The van der Waals surface area contributed by atoms with Crippen LogP contribution in [0.3, 0.4) is 0 Å². The summed E-state index contributed by atoms with van der Waals surface area (Å²) < 4.78 is 9.57. The molecule has 17 heavy (non-hydrogen) atoms. The highest BCUT2D eigenvalue weighted by molar-refractivity contribution is 5.72. The van der Waals surface area contributed by atoms with Crippen LogP contribution >= 0.6 is 0 Å². The average Bonchev–Trinajstić information content (AvgIpc) is 2.38. The molecule has 5 heteroatoms. The minimum atomic E-state index is -1.01. The maximum atomic E-state index is 11.3. The number of carbonyl (C=O) groups is 1. The third kappa shape index (κ3) is 2.94. The standard InChI is InChI=1S/C12H14N2O3/c1-12(8-13,7-11(15)17-3)9-5-4-6-10(14-9)16-2/h4-6H,7H2,1-3H3. The molecule has 5 nitrogen and oxygen atoms in total. The van der Waals surface area contributed by atoms with Crippen LogP contribution in [0.2, 0.25) is 0 Å². The van der Waals surface area contributed by atoms with Crippen molar-refractivity contribution in [2.75, 3.05) is 14.2 Å². The predicted octanol–water partition coefficient (Wildman–Crippen LogP) is 1.43. The first-order valence-electron chi connectivity index (χ1n) is 5.05. The number of hydrogen-bond acceptors (Lipinski definition) is 5. The van der Waals surface area contributed by atoms with Gasteiger partial charge in [0.25, 0.3) is 0 Å². The van der Waals surface area contributed by atoms with Gasteiger partial charge in [-0.15, -0.1) is 0 Å². The molecular weight excluding hydrogens is 220 g/mol. The van der Waals surface area contributed by atoms with Gasteiger partial charge >= 0.3 is 5.97 Å². The zero-order valence-electron chi connectivity index (χ0n) is 10.1. The highest BCUT2D eigenvalue weighted by Gasteiger charge is 2.32. The van der Waals surface area contributed by atoms with E-state index in [0.29, 0.717) is 11.6 Å². The molecule has 0 aliphatic carbocycles. The largest absolute Gasteiger partial charge is 0.481 e. The topological polar surface area (TPSA) is 72.2 Å². The highest BCUT2D eigenvalue weighted by Crippen LogP contribution is 2.27. The molecule has 0 aliphatic rings. The van der Waals surface area contributed by atoms with E-state index in [9.17, 15) is 10.1 Å². The van der Waals surface area contributed by atoms with Gasteiger partial charge in [0.1, 0.15) is 5.41 Å². The fraction of sp³-hybridized carbons (Fsp3) is 0.417. The molecule has 0 aromatic carbocycles. The lowest BCUT2D eigenvalue weighted by Gasteiger charge is -2.19. The van der Waals surface area contributed by atoms with Crippen molar-refractivity contribution in [1.82, 2.24) is 4.98 Å². The van der Waals surface area contributed by atoms with Crippen LogP contribution in [0, 0.1) is 11.3 Å². The Kier molecular flexibility index (Phi) is 4.05. The fourth-order valence-corrected chi connectivity index (χ4v) is 1.38. The van der Waals surface area contributed by atoms with Gasteiger partial charge in [-0.1, -0.05) is 6.07 Å². The molecule has 1 aromatic rings. The molecule has 1 heterocycles. The van der Waals surface area contributed by atoms with Crippen molar-refractivity contribution < 1.29 is 14.3 Å². The molecule has 0 spiro atoms. The maximum absolute atomic E-state index is 11.3. The normalized spacial score (nSPS) is 13.3.